The number of aromatic nitrogens is 1. The van der Waals surface area contributed by atoms with Gasteiger partial charge in [-0.05, 0) is 24.1 Å². The minimum atomic E-state index is -0.200. The number of nitrogens with zero attached hydrogens (tertiary/aromatic N) is 1. The molecule has 1 aromatic carbocycles. The summed E-state index contributed by atoms with van der Waals surface area (Å²) in [4.78, 5) is 16.6. The van der Waals surface area contributed by atoms with Crippen molar-refractivity contribution in [1.29, 1.82) is 0 Å². The molecule has 5 heteroatoms. The SMILES string of the molecule is O=C(NC[C@@H]1C[C@H](c2ccccc2)CO1)c1nccc2occc12. The Kier molecular flexibility index (Phi) is 4.01. The molecule has 0 aliphatic carbocycles. The smallest absolute Gasteiger partial charge is 0.270 e. The van der Waals surface area contributed by atoms with Crippen LogP contribution in [0.3, 0.4) is 0 Å². The molecule has 0 bridgehead atoms. The van der Waals surface area contributed by atoms with Gasteiger partial charge in [0.2, 0.25) is 0 Å². The highest BCUT2D eigenvalue weighted by atomic mass is 16.5. The number of nitrogens with one attached hydrogen (secondary N) is 1. The molecule has 5 nitrogen and oxygen atoms in total. The topological polar surface area (TPSA) is 64.4 Å². The van der Waals surface area contributed by atoms with Crippen molar-refractivity contribution < 1.29 is 13.9 Å². The normalized spacial score (nSPS) is 20.3. The van der Waals surface area contributed by atoms with Gasteiger partial charge in [-0.25, -0.2) is 0 Å². The Morgan fingerprint density at radius 3 is 2.96 bits per heavy atom. The Morgan fingerprint density at radius 2 is 2.08 bits per heavy atom. The second-order valence-corrected chi connectivity index (χ2v) is 6.00. The molecule has 0 unspecified atom stereocenters. The van der Waals surface area contributed by atoms with E-state index in [-0.39, 0.29) is 12.0 Å². The maximum absolute atomic E-state index is 12.4. The quantitative estimate of drug-likeness (QED) is 0.801. The van der Waals surface area contributed by atoms with E-state index >= 15 is 0 Å². The molecule has 0 saturated carbocycles. The van der Waals surface area contributed by atoms with Crippen LogP contribution in [-0.2, 0) is 4.74 Å². The highest BCUT2D eigenvalue weighted by Crippen LogP contribution is 2.29. The fraction of sp³-hybridized carbons (Fsp3) is 0.263. The zero-order chi connectivity index (χ0) is 16.4. The molecule has 1 aliphatic rings. The molecule has 2 atom stereocenters. The summed E-state index contributed by atoms with van der Waals surface area (Å²) < 4.78 is 11.1. The number of benzene rings is 1. The Morgan fingerprint density at radius 1 is 1.21 bits per heavy atom. The standard InChI is InChI=1S/C19H18N2O3/c22-19(18-16-7-9-23-17(16)6-8-20-18)21-11-15-10-14(12-24-15)13-4-2-1-3-5-13/h1-9,14-15H,10-12H2,(H,21,22)/t14-,15-/m0/s1. The second kappa shape index (κ2) is 6.45. The number of furan rings is 1. The van der Waals surface area contributed by atoms with Crippen LogP contribution in [-0.4, -0.2) is 30.1 Å². The predicted octanol–water partition coefficient (Wildman–Crippen LogP) is 3.13. The van der Waals surface area contributed by atoms with Crippen molar-refractivity contribution in [3.8, 4) is 0 Å². The third-order valence-electron chi connectivity index (χ3n) is 4.44. The zero-order valence-electron chi connectivity index (χ0n) is 13.1. The molecule has 3 aromatic rings. The molecule has 1 saturated heterocycles. The summed E-state index contributed by atoms with van der Waals surface area (Å²) in [5.74, 6) is 0.192. The number of carbonyl (C=O) groups excluding carboxylic acids is 1. The molecule has 1 aliphatic heterocycles. The summed E-state index contributed by atoms with van der Waals surface area (Å²) in [6.45, 7) is 1.18. The molecule has 3 heterocycles. The van der Waals surface area contributed by atoms with E-state index in [0.717, 1.165) is 11.8 Å². The van der Waals surface area contributed by atoms with Crippen molar-refractivity contribution in [2.45, 2.75) is 18.4 Å². The van der Waals surface area contributed by atoms with Crippen LogP contribution in [0, 0.1) is 0 Å². The molecule has 1 amide bonds. The first kappa shape index (κ1) is 14.9. The van der Waals surface area contributed by atoms with E-state index in [1.54, 1.807) is 24.6 Å². The number of carbonyl (C=O) groups is 1. The highest BCUT2D eigenvalue weighted by Gasteiger charge is 2.27. The van der Waals surface area contributed by atoms with Gasteiger partial charge in [0, 0.05) is 18.7 Å². The third kappa shape index (κ3) is 2.90. The van der Waals surface area contributed by atoms with Gasteiger partial charge in [-0.15, -0.1) is 0 Å². The minimum Gasteiger partial charge on any atom is -0.464 e. The van der Waals surface area contributed by atoms with E-state index in [1.807, 2.05) is 18.2 Å². The molecular formula is C19H18N2O3. The van der Waals surface area contributed by atoms with Crippen LogP contribution < -0.4 is 5.32 Å². The molecule has 4 rings (SSSR count). The average molecular weight is 322 g/mol. The monoisotopic (exact) mass is 322 g/mol. The van der Waals surface area contributed by atoms with Crippen LogP contribution in [0.15, 0.2) is 59.3 Å². The summed E-state index contributed by atoms with van der Waals surface area (Å²) in [6.07, 6.45) is 4.09. The van der Waals surface area contributed by atoms with Gasteiger partial charge in [0.1, 0.15) is 11.3 Å². The highest BCUT2D eigenvalue weighted by molar-refractivity contribution is 6.03. The molecule has 2 aromatic heterocycles. The lowest BCUT2D eigenvalue weighted by molar-refractivity contribution is 0.0852. The van der Waals surface area contributed by atoms with Crippen LogP contribution in [0.25, 0.3) is 11.0 Å². The van der Waals surface area contributed by atoms with Crippen molar-refractivity contribution >= 4 is 16.9 Å². The lowest BCUT2D eigenvalue weighted by Crippen LogP contribution is -2.32. The molecule has 122 valence electrons. The van der Waals surface area contributed by atoms with Crippen LogP contribution >= 0.6 is 0 Å². The Balaban J connectivity index is 1.37. The second-order valence-electron chi connectivity index (χ2n) is 6.00. The van der Waals surface area contributed by atoms with Gasteiger partial charge in [-0.1, -0.05) is 30.3 Å². The van der Waals surface area contributed by atoms with Crippen molar-refractivity contribution in [2.24, 2.45) is 0 Å². The summed E-state index contributed by atoms with van der Waals surface area (Å²) >= 11 is 0. The molecule has 24 heavy (non-hydrogen) atoms. The summed E-state index contributed by atoms with van der Waals surface area (Å²) in [6, 6.07) is 13.9. The Hall–Kier alpha value is -2.66. The van der Waals surface area contributed by atoms with Gasteiger partial charge < -0.3 is 14.5 Å². The number of fused-ring (bicyclic) bond motifs is 1. The Labute approximate surface area is 139 Å². The zero-order valence-corrected chi connectivity index (χ0v) is 13.1. The molecule has 0 spiro atoms. The lowest BCUT2D eigenvalue weighted by Gasteiger charge is -2.11. The summed E-state index contributed by atoms with van der Waals surface area (Å²) in [5.41, 5.74) is 2.34. The number of ether oxygens (including phenoxy) is 1. The number of rotatable bonds is 4. The molecule has 1 fully saturated rings. The van der Waals surface area contributed by atoms with Crippen LogP contribution in [0.1, 0.15) is 28.4 Å². The Bertz CT molecular complexity index is 844. The van der Waals surface area contributed by atoms with Crippen molar-refractivity contribution in [1.82, 2.24) is 10.3 Å². The predicted molar refractivity (Wildman–Crippen MR) is 89.9 cm³/mol. The first-order chi connectivity index (χ1) is 11.8. The first-order valence-electron chi connectivity index (χ1n) is 8.08. The van der Waals surface area contributed by atoms with Gasteiger partial charge in [0.15, 0.2) is 0 Å². The summed E-state index contributed by atoms with van der Waals surface area (Å²) in [7, 11) is 0. The minimum absolute atomic E-state index is 0.0303. The average Bonchev–Trinajstić information content (AvgIpc) is 3.29. The van der Waals surface area contributed by atoms with E-state index in [0.29, 0.717) is 30.3 Å². The van der Waals surface area contributed by atoms with Gasteiger partial charge >= 0.3 is 0 Å². The van der Waals surface area contributed by atoms with Gasteiger partial charge in [-0.3, -0.25) is 9.78 Å². The van der Waals surface area contributed by atoms with E-state index in [9.17, 15) is 4.79 Å². The number of hydrogen-bond acceptors (Lipinski definition) is 4. The van der Waals surface area contributed by atoms with Gasteiger partial charge in [0.25, 0.3) is 5.91 Å². The van der Waals surface area contributed by atoms with E-state index in [4.69, 9.17) is 9.15 Å². The van der Waals surface area contributed by atoms with Crippen molar-refractivity contribution in [3.05, 3.63) is 66.2 Å². The van der Waals surface area contributed by atoms with Gasteiger partial charge in [0.05, 0.1) is 24.4 Å². The van der Waals surface area contributed by atoms with Crippen molar-refractivity contribution in [3.63, 3.8) is 0 Å². The maximum Gasteiger partial charge on any atom is 0.270 e. The lowest BCUT2D eigenvalue weighted by atomic mass is 9.96. The fourth-order valence-corrected chi connectivity index (χ4v) is 3.17. The molecular weight excluding hydrogens is 304 g/mol. The third-order valence-corrected chi connectivity index (χ3v) is 4.44. The molecule has 0 radical (unpaired) electrons. The van der Waals surface area contributed by atoms with Crippen LogP contribution in [0.5, 0.6) is 0 Å². The number of amides is 1. The number of hydrogen-bond donors (Lipinski definition) is 1. The van der Waals surface area contributed by atoms with Crippen LogP contribution in [0.2, 0.25) is 0 Å². The van der Waals surface area contributed by atoms with Crippen LogP contribution in [0.4, 0.5) is 0 Å². The molecule has 1 N–H and O–H groups in total. The number of pyridine rings is 1. The maximum atomic E-state index is 12.4. The van der Waals surface area contributed by atoms with Gasteiger partial charge in [-0.2, -0.15) is 0 Å². The fourth-order valence-electron chi connectivity index (χ4n) is 3.17. The van der Waals surface area contributed by atoms with E-state index in [1.165, 1.54) is 5.56 Å². The van der Waals surface area contributed by atoms with Crippen molar-refractivity contribution in [2.75, 3.05) is 13.2 Å². The first-order valence-corrected chi connectivity index (χ1v) is 8.08. The largest absolute Gasteiger partial charge is 0.464 e. The van der Waals surface area contributed by atoms with E-state index in [2.05, 4.69) is 22.4 Å². The summed E-state index contributed by atoms with van der Waals surface area (Å²) in [5, 5.41) is 3.65. The van der Waals surface area contributed by atoms with E-state index < -0.39 is 0 Å².